The van der Waals surface area contributed by atoms with E-state index in [-0.39, 0.29) is 12.2 Å². The van der Waals surface area contributed by atoms with E-state index in [1.54, 1.807) is 6.92 Å². The summed E-state index contributed by atoms with van der Waals surface area (Å²) in [5, 5.41) is 8.52. The topological polar surface area (TPSA) is 46.5 Å². The van der Waals surface area contributed by atoms with Gasteiger partial charge < -0.3 is 9.84 Å². The number of hydrogen-bond donors (Lipinski definition) is 1. The summed E-state index contributed by atoms with van der Waals surface area (Å²) in [7, 11) is 0. The molecule has 0 spiro atoms. The molecule has 0 aromatic heterocycles. The van der Waals surface area contributed by atoms with Crippen LogP contribution >= 0.6 is 15.9 Å². The molecule has 0 saturated carbocycles. The minimum Gasteiger partial charge on any atom is -0.489 e. The third-order valence-electron chi connectivity index (χ3n) is 1.68. The molecule has 0 aliphatic heterocycles. The summed E-state index contributed by atoms with van der Waals surface area (Å²) in [6.07, 6.45) is -0.548. The third-order valence-corrected chi connectivity index (χ3v) is 2.30. The van der Waals surface area contributed by atoms with Crippen molar-refractivity contribution in [2.45, 2.75) is 19.4 Å². The molecule has 0 amide bonds. The van der Waals surface area contributed by atoms with Crippen molar-refractivity contribution in [3.05, 3.63) is 28.5 Å². The van der Waals surface area contributed by atoms with Crippen LogP contribution in [0.25, 0.3) is 0 Å². The molecule has 1 rings (SSSR count). The van der Waals surface area contributed by atoms with Crippen LogP contribution in [0.1, 0.15) is 13.3 Å². The molecular formula is C10H10BrFO3. The van der Waals surface area contributed by atoms with Gasteiger partial charge in [-0.25, -0.2) is 4.39 Å². The van der Waals surface area contributed by atoms with E-state index in [9.17, 15) is 9.18 Å². The van der Waals surface area contributed by atoms with Crippen LogP contribution in [0.4, 0.5) is 4.39 Å². The number of benzene rings is 1. The Morgan fingerprint density at radius 2 is 2.33 bits per heavy atom. The van der Waals surface area contributed by atoms with Crippen LogP contribution in [0.15, 0.2) is 22.7 Å². The standard InChI is InChI=1S/C10H10BrFO3/c1-6(4-10(13)14)15-9-3-2-7(12)5-8(9)11/h2-3,5-6H,4H2,1H3,(H,13,14). The van der Waals surface area contributed by atoms with Gasteiger partial charge in [-0.2, -0.15) is 0 Å². The zero-order valence-electron chi connectivity index (χ0n) is 8.04. The van der Waals surface area contributed by atoms with Crippen LogP contribution in [0.3, 0.4) is 0 Å². The van der Waals surface area contributed by atoms with Crippen LogP contribution in [-0.2, 0) is 4.79 Å². The molecule has 0 aliphatic rings. The molecule has 0 heterocycles. The van der Waals surface area contributed by atoms with Crippen molar-refractivity contribution in [3.63, 3.8) is 0 Å². The Hall–Kier alpha value is -1.10. The molecule has 1 N–H and O–H groups in total. The van der Waals surface area contributed by atoms with Crippen molar-refractivity contribution in [1.82, 2.24) is 0 Å². The first-order valence-electron chi connectivity index (χ1n) is 4.32. The molecule has 0 radical (unpaired) electrons. The molecule has 0 bridgehead atoms. The first kappa shape index (κ1) is 12.0. The van der Waals surface area contributed by atoms with Gasteiger partial charge in [0.2, 0.25) is 0 Å². The van der Waals surface area contributed by atoms with Crippen molar-refractivity contribution >= 4 is 21.9 Å². The Labute approximate surface area is 95.0 Å². The minimum atomic E-state index is -0.930. The summed E-state index contributed by atoms with van der Waals surface area (Å²) < 4.78 is 18.5. The van der Waals surface area contributed by atoms with Crippen LogP contribution in [0.2, 0.25) is 0 Å². The highest BCUT2D eigenvalue weighted by molar-refractivity contribution is 9.10. The molecule has 1 unspecified atom stereocenters. The highest BCUT2D eigenvalue weighted by atomic mass is 79.9. The Bertz CT molecular complexity index is 368. The van der Waals surface area contributed by atoms with E-state index < -0.39 is 12.1 Å². The maximum Gasteiger partial charge on any atom is 0.307 e. The number of rotatable bonds is 4. The highest BCUT2D eigenvalue weighted by Crippen LogP contribution is 2.26. The zero-order chi connectivity index (χ0) is 11.4. The van der Waals surface area contributed by atoms with E-state index in [1.807, 2.05) is 0 Å². The quantitative estimate of drug-likeness (QED) is 0.920. The van der Waals surface area contributed by atoms with Crippen LogP contribution < -0.4 is 4.74 Å². The molecule has 1 aromatic rings. The smallest absolute Gasteiger partial charge is 0.307 e. The van der Waals surface area contributed by atoms with Crippen molar-refractivity contribution in [2.24, 2.45) is 0 Å². The second-order valence-electron chi connectivity index (χ2n) is 3.10. The van der Waals surface area contributed by atoms with Gasteiger partial charge in [0.05, 0.1) is 10.9 Å². The molecule has 0 aliphatic carbocycles. The number of carboxylic acids is 1. The van der Waals surface area contributed by atoms with E-state index in [4.69, 9.17) is 9.84 Å². The van der Waals surface area contributed by atoms with Crippen molar-refractivity contribution in [3.8, 4) is 5.75 Å². The lowest BCUT2D eigenvalue weighted by Gasteiger charge is -2.13. The summed E-state index contributed by atoms with van der Waals surface area (Å²) in [4.78, 5) is 10.4. The molecule has 1 atom stereocenters. The maximum atomic E-state index is 12.7. The third kappa shape index (κ3) is 3.87. The summed E-state index contributed by atoms with van der Waals surface area (Å²) in [6, 6.07) is 3.98. The fourth-order valence-corrected chi connectivity index (χ4v) is 1.52. The van der Waals surface area contributed by atoms with Crippen LogP contribution in [0, 0.1) is 5.82 Å². The number of ether oxygens (including phenoxy) is 1. The van der Waals surface area contributed by atoms with Gasteiger partial charge in [-0.1, -0.05) is 0 Å². The molecule has 82 valence electrons. The first-order valence-corrected chi connectivity index (χ1v) is 5.12. The lowest BCUT2D eigenvalue weighted by molar-refractivity contribution is -0.138. The van der Waals surface area contributed by atoms with Gasteiger partial charge in [0, 0.05) is 0 Å². The summed E-state index contributed by atoms with van der Waals surface area (Å²) >= 11 is 3.13. The van der Waals surface area contributed by atoms with Crippen molar-refractivity contribution in [2.75, 3.05) is 0 Å². The predicted octanol–water partition coefficient (Wildman–Crippen LogP) is 2.83. The normalized spacial score (nSPS) is 12.2. The lowest BCUT2D eigenvalue weighted by atomic mass is 10.3. The SMILES string of the molecule is CC(CC(=O)O)Oc1ccc(F)cc1Br. The van der Waals surface area contributed by atoms with Crippen LogP contribution in [0.5, 0.6) is 5.75 Å². The predicted molar refractivity (Wildman–Crippen MR) is 56.4 cm³/mol. The Morgan fingerprint density at radius 1 is 1.67 bits per heavy atom. The summed E-state index contributed by atoms with van der Waals surface area (Å²) in [5.74, 6) is -0.869. The molecule has 15 heavy (non-hydrogen) atoms. The molecule has 0 fully saturated rings. The van der Waals surface area contributed by atoms with E-state index in [0.717, 1.165) is 0 Å². The van der Waals surface area contributed by atoms with Gasteiger partial charge in [-0.15, -0.1) is 0 Å². The fourth-order valence-electron chi connectivity index (χ4n) is 1.08. The van der Waals surface area contributed by atoms with Gasteiger partial charge in [0.15, 0.2) is 0 Å². The highest BCUT2D eigenvalue weighted by Gasteiger charge is 2.11. The molecule has 3 nitrogen and oxygen atoms in total. The Morgan fingerprint density at radius 3 is 2.87 bits per heavy atom. The Balaban J connectivity index is 2.68. The van der Waals surface area contributed by atoms with Gasteiger partial charge in [-0.05, 0) is 41.1 Å². The molecule has 0 saturated heterocycles. The number of hydrogen-bond acceptors (Lipinski definition) is 2. The zero-order valence-corrected chi connectivity index (χ0v) is 9.62. The number of aliphatic carboxylic acids is 1. The van der Waals surface area contributed by atoms with Crippen molar-refractivity contribution in [1.29, 1.82) is 0 Å². The van der Waals surface area contributed by atoms with E-state index in [0.29, 0.717) is 10.2 Å². The second-order valence-corrected chi connectivity index (χ2v) is 3.96. The number of carboxylic acid groups (broad SMARTS) is 1. The molecular weight excluding hydrogens is 267 g/mol. The van der Waals surface area contributed by atoms with Gasteiger partial charge >= 0.3 is 5.97 Å². The van der Waals surface area contributed by atoms with Gasteiger partial charge in [-0.3, -0.25) is 4.79 Å². The average molecular weight is 277 g/mol. The summed E-state index contributed by atoms with van der Waals surface area (Å²) in [6.45, 7) is 1.64. The van der Waals surface area contributed by atoms with Gasteiger partial charge in [0.1, 0.15) is 17.7 Å². The lowest BCUT2D eigenvalue weighted by Crippen LogP contribution is -2.16. The minimum absolute atomic E-state index is 0.0934. The Kier molecular flexibility index (Phi) is 4.08. The first-order chi connectivity index (χ1) is 6.99. The fraction of sp³-hybridized carbons (Fsp3) is 0.300. The van der Waals surface area contributed by atoms with Crippen LogP contribution in [-0.4, -0.2) is 17.2 Å². The van der Waals surface area contributed by atoms with Gasteiger partial charge in [0.25, 0.3) is 0 Å². The maximum absolute atomic E-state index is 12.7. The van der Waals surface area contributed by atoms with E-state index in [1.165, 1.54) is 18.2 Å². The second kappa shape index (κ2) is 5.11. The number of halogens is 2. The number of carbonyl (C=O) groups is 1. The average Bonchev–Trinajstić information content (AvgIpc) is 2.08. The van der Waals surface area contributed by atoms with E-state index in [2.05, 4.69) is 15.9 Å². The van der Waals surface area contributed by atoms with Crippen molar-refractivity contribution < 1.29 is 19.0 Å². The molecule has 5 heteroatoms. The monoisotopic (exact) mass is 276 g/mol. The van der Waals surface area contributed by atoms with E-state index >= 15 is 0 Å². The largest absolute Gasteiger partial charge is 0.489 e. The summed E-state index contributed by atoms with van der Waals surface area (Å²) in [5.41, 5.74) is 0. The molecule has 1 aromatic carbocycles.